The summed E-state index contributed by atoms with van der Waals surface area (Å²) in [6.45, 7) is 11.2. The quantitative estimate of drug-likeness (QED) is 0.434. The topological polar surface area (TPSA) is 115 Å². The van der Waals surface area contributed by atoms with Crippen molar-refractivity contribution in [3.8, 4) is 0 Å². The Labute approximate surface area is 172 Å². The third kappa shape index (κ3) is 3.95. The lowest BCUT2D eigenvalue weighted by atomic mass is 10.2. The van der Waals surface area contributed by atoms with Crippen LogP contribution in [-0.2, 0) is 9.16 Å². The number of aromatic amines is 1. The van der Waals surface area contributed by atoms with Crippen LogP contribution in [0.4, 0.5) is 5.95 Å². The molecule has 3 unspecified atom stereocenters. The largest absolute Gasteiger partial charge is 0.414 e. The van der Waals surface area contributed by atoms with Gasteiger partial charge in [0.1, 0.15) is 12.3 Å². The van der Waals surface area contributed by atoms with Crippen molar-refractivity contribution in [2.24, 2.45) is 0 Å². The molecule has 1 aliphatic rings. The third-order valence-corrected chi connectivity index (χ3v) is 10.9. The van der Waals surface area contributed by atoms with Crippen molar-refractivity contribution in [1.29, 1.82) is 0 Å². The molecular formula is C17H27IN4O4Si. The van der Waals surface area contributed by atoms with Gasteiger partial charge in [-0.25, -0.2) is 0 Å². The normalized spacial score (nSPS) is 24.0. The number of aliphatic hydroxyl groups excluding tert-OH is 1. The number of aliphatic hydroxyl groups is 1. The second kappa shape index (κ2) is 7.14. The van der Waals surface area contributed by atoms with Gasteiger partial charge in [0, 0.05) is 16.2 Å². The summed E-state index contributed by atoms with van der Waals surface area (Å²) in [6, 6.07) is 0. The molecule has 2 aromatic heterocycles. The molecule has 1 saturated heterocycles. The Morgan fingerprint density at radius 1 is 1.52 bits per heavy atom. The van der Waals surface area contributed by atoms with Crippen LogP contribution in [0, 0.1) is 3.57 Å². The van der Waals surface area contributed by atoms with Gasteiger partial charge in [0.25, 0.3) is 5.56 Å². The molecule has 0 aromatic carbocycles. The zero-order valence-corrected chi connectivity index (χ0v) is 19.4. The monoisotopic (exact) mass is 506 g/mol. The fourth-order valence-electron chi connectivity index (χ4n) is 2.89. The molecule has 150 valence electrons. The summed E-state index contributed by atoms with van der Waals surface area (Å²) in [4.78, 5) is 19.0. The fraction of sp³-hybridized carbons (Fsp3) is 0.647. The Bertz CT molecular complexity index is 905. The molecule has 3 atom stereocenters. The van der Waals surface area contributed by atoms with Crippen molar-refractivity contribution in [2.75, 3.05) is 12.3 Å². The second-order valence-corrected chi connectivity index (χ2v) is 14.5. The van der Waals surface area contributed by atoms with Crippen LogP contribution >= 0.6 is 22.6 Å². The fourth-order valence-corrected chi connectivity index (χ4v) is 4.69. The van der Waals surface area contributed by atoms with Gasteiger partial charge in [0.2, 0.25) is 5.95 Å². The van der Waals surface area contributed by atoms with Gasteiger partial charge in [-0.3, -0.25) is 9.78 Å². The van der Waals surface area contributed by atoms with Gasteiger partial charge in [-0.05, 0) is 40.7 Å². The molecule has 4 N–H and O–H groups in total. The van der Waals surface area contributed by atoms with Crippen molar-refractivity contribution in [2.45, 2.75) is 63.8 Å². The van der Waals surface area contributed by atoms with E-state index in [1.54, 1.807) is 10.8 Å². The van der Waals surface area contributed by atoms with E-state index in [0.29, 0.717) is 24.1 Å². The van der Waals surface area contributed by atoms with E-state index in [9.17, 15) is 9.90 Å². The maximum Gasteiger partial charge on any atom is 0.262 e. The predicted octanol–water partition coefficient (Wildman–Crippen LogP) is 2.58. The number of rotatable bonds is 4. The smallest absolute Gasteiger partial charge is 0.262 e. The highest BCUT2D eigenvalue weighted by atomic mass is 127. The Kier molecular flexibility index (Phi) is 5.49. The maximum absolute atomic E-state index is 12.2. The molecule has 0 bridgehead atoms. The number of H-pyrrole nitrogens is 1. The average Bonchev–Trinajstić information content (AvgIpc) is 3.04. The number of anilines is 1. The zero-order chi connectivity index (χ0) is 20.1. The van der Waals surface area contributed by atoms with Crippen molar-refractivity contribution in [3.63, 3.8) is 0 Å². The number of ether oxygens (including phenoxy) is 1. The highest BCUT2D eigenvalue weighted by Gasteiger charge is 2.41. The molecule has 1 aliphatic heterocycles. The van der Waals surface area contributed by atoms with Crippen molar-refractivity contribution >= 4 is 47.9 Å². The minimum absolute atomic E-state index is 0.0552. The van der Waals surface area contributed by atoms with Gasteiger partial charge >= 0.3 is 0 Å². The van der Waals surface area contributed by atoms with Crippen LogP contribution in [0.1, 0.15) is 33.4 Å². The summed E-state index contributed by atoms with van der Waals surface area (Å²) in [5.41, 5.74) is 5.89. The molecule has 0 radical (unpaired) electrons. The van der Waals surface area contributed by atoms with Crippen molar-refractivity contribution < 1.29 is 14.3 Å². The lowest BCUT2D eigenvalue weighted by molar-refractivity contribution is -0.0403. The van der Waals surface area contributed by atoms with E-state index in [-0.39, 0.29) is 16.5 Å². The number of nitrogen functional groups attached to an aromatic ring is 1. The van der Waals surface area contributed by atoms with E-state index in [0.717, 1.165) is 3.57 Å². The Morgan fingerprint density at radius 3 is 2.81 bits per heavy atom. The van der Waals surface area contributed by atoms with Gasteiger partial charge in [0.15, 0.2) is 14.0 Å². The van der Waals surface area contributed by atoms with Crippen LogP contribution in [-0.4, -0.2) is 46.8 Å². The van der Waals surface area contributed by atoms with E-state index >= 15 is 0 Å². The summed E-state index contributed by atoms with van der Waals surface area (Å²) in [6.07, 6.45) is 0.724. The van der Waals surface area contributed by atoms with Gasteiger partial charge in [-0.2, -0.15) is 4.98 Å². The number of nitrogens with zero attached hydrogens (tertiary/aromatic N) is 2. The Hall–Kier alpha value is -0.953. The number of halogens is 1. The van der Waals surface area contributed by atoms with Crippen molar-refractivity contribution in [1.82, 2.24) is 14.5 Å². The van der Waals surface area contributed by atoms with Crippen LogP contribution < -0.4 is 11.3 Å². The van der Waals surface area contributed by atoms with Gasteiger partial charge < -0.3 is 24.6 Å². The van der Waals surface area contributed by atoms with E-state index in [1.807, 2.05) is 0 Å². The van der Waals surface area contributed by atoms with Crippen LogP contribution in [0.3, 0.4) is 0 Å². The average molecular weight is 506 g/mol. The molecule has 0 spiro atoms. The maximum atomic E-state index is 12.2. The first kappa shape index (κ1) is 20.8. The minimum atomic E-state index is -1.93. The third-order valence-electron chi connectivity index (χ3n) is 5.58. The first-order valence-corrected chi connectivity index (χ1v) is 12.9. The van der Waals surface area contributed by atoms with Crippen LogP contribution in [0.2, 0.25) is 18.1 Å². The molecule has 0 aliphatic carbocycles. The molecule has 3 heterocycles. The summed E-state index contributed by atoms with van der Waals surface area (Å²) in [7, 11) is -1.93. The minimum Gasteiger partial charge on any atom is -0.414 e. The Morgan fingerprint density at radius 2 is 2.19 bits per heavy atom. The Balaban J connectivity index is 1.81. The first-order chi connectivity index (χ1) is 12.4. The molecule has 27 heavy (non-hydrogen) atoms. The second-order valence-electron chi connectivity index (χ2n) is 8.54. The molecule has 1 fully saturated rings. The molecule has 10 heteroatoms. The molecule has 2 aromatic rings. The van der Waals surface area contributed by atoms with E-state index < -0.39 is 26.8 Å². The number of hydrogen-bond donors (Lipinski definition) is 3. The highest BCUT2D eigenvalue weighted by Crippen LogP contribution is 2.38. The predicted molar refractivity (Wildman–Crippen MR) is 115 cm³/mol. The number of nitrogens with two attached hydrogens (primary N) is 1. The highest BCUT2D eigenvalue weighted by molar-refractivity contribution is 14.1. The van der Waals surface area contributed by atoms with Crippen LogP contribution in [0.15, 0.2) is 11.0 Å². The molecule has 0 amide bonds. The zero-order valence-electron chi connectivity index (χ0n) is 16.2. The number of aromatic nitrogens is 3. The van der Waals surface area contributed by atoms with Crippen LogP contribution in [0.25, 0.3) is 11.0 Å². The SMILES string of the molecule is CC(C)(C)[Si](C)(C)OCC1OC(n2cc(I)c3c(=O)[nH]c(N)nc32)CC1O. The number of hydrogen-bond acceptors (Lipinski definition) is 6. The van der Waals surface area contributed by atoms with E-state index in [2.05, 4.69) is 66.4 Å². The molecule has 0 saturated carbocycles. The number of fused-ring (bicyclic) bond motifs is 1. The van der Waals surface area contributed by atoms with Gasteiger partial charge in [0.05, 0.1) is 18.1 Å². The lowest BCUT2D eigenvalue weighted by Gasteiger charge is -2.37. The molecule has 3 rings (SSSR count). The van der Waals surface area contributed by atoms with Crippen LogP contribution in [0.5, 0.6) is 0 Å². The lowest BCUT2D eigenvalue weighted by Crippen LogP contribution is -2.43. The molecule has 8 nitrogen and oxygen atoms in total. The summed E-state index contributed by atoms with van der Waals surface area (Å²) < 4.78 is 14.8. The van der Waals surface area contributed by atoms with Gasteiger partial charge in [-0.15, -0.1) is 0 Å². The summed E-state index contributed by atoms with van der Waals surface area (Å²) in [5.74, 6) is 0.0552. The van der Waals surface area contributed by atoms with E-state index in [1.165, 1.54) is 0 Å². The summed E-state index contributed by atoms with van der Waals surface area (Å²) >= 11 is 2.09. The van der Waals surface area contributed by atoms with Crippen molar-refractivity contribution in [3.05, 3.63) is 20.1 Å². The first-order valence-electron chi connectivity index (χ1n) is 8.94. The number of nitrogens with one attached hydrogen (secondary N) is 1. The van der Waals surface area contributed by atoms with Gasteiger partial charge in [-0.1, -0.05) is 20.8 Å². The van der Waals surface area contributed by atoms with E-state index in [4.69, 9.17) is 14.9 Å². The summed E-state index contributed by atoms with van der Waals surface area (Å²) in [5, 5.41) is 11.1. The standard InChI is InChI=1S/C17H27IN4O4Si/c1-17(2,3)27(4,5)25-8-11-10(23)6-12(26-11)22-7-9(18)13-14(22)20-16(19)21-15(13)24/h7,10-12,23H,6,8H2,1-5H3,(H3,19,20,21,24). The molecular weight excluding hydrogens is 479 g/mol.